The first-order valence-corrected chi connectivity index (χ1v) is 9.04. The molecular weight excluding hydrogens is 416 g/mol. The first kappa shape index (κ1) is 18.7. The van der Waals surface area contributed by atoms with Crippen LogP contribution in [0.1, 0.15) is 12.5 Å². The van der Waals surface area contributed by atoms with E-state index in [1.54, 1.807) is 6.92 Å². The maximum absolute atomic E-state index is 12.4. The van der Waals surface area contributed by atoms with Crippen molar-refractivity contribution in [2.75, 3.05) is 6.61 Å². The number of benzene rings is 2. The number of hydrogen-bond donors (Lipinski definition) is 0. The highest BCUT2D eigenvalue weighted by atomic mass is 79.9. The number of halogens is 1. The second kappa shape index (κ2) is 7.50. The van der Waals surface area contributed by atoms with Gasteiger partial charge in [-0.25, -0.2) is 0 Å². The highest BCUT2D eigenvalue weighted by molar-refractivity contribution is 9.10. The Morgan fingerprint density at radius 3 is 2.44 bits per heavy atom. The van der Waals surface area contributed by atoms with Gasteiger partial charge in [-0.3, -0.25) is 10.1 Å². The summed E-state index contributed by atoms with van der Waals surface area (Å²) in [6.07, 6.45) is 0. The van der Waals surface area contributed by atoms with E-state index in [-0.39, 0.29) is 38.7 Å². The molecule has 2 rings (SSSR count). The Hall–Kier alpha value is -2.64. The van der Waals surface area contributed by atoms with Crippen molar-refractivity contribution in [1.82, 2.24) is 0 Å². The summed E-state index contributed by atoms with van der Waals surface area (Å²) < 4.78 is 35.5. The van der Waals surface area contributed by atoms with Gasteiger partial charge in [0, 0.05) is 18.2 Å². The van der Waals surface area contributed by atoms with E-state index in [1.165, 1.54) is 12.1 Å². The highest BCUT2D eigenvalue weighted by Crippen LogP contribution is 2.38. The van der Waals surface area contributed by atoms with Crippen LogP contribution >= 0.6 is 15.9 Å². The third kappa shape index (κ3) is 4.26. The summed E-state index contributed by atoms with van der Waals surface area (Å²) >= 11 is 3.15. The van der Waals surface area contributed by atoms with Crippen molar-refractivity contribution >= 4 is 31.7 Å². The van der Waals surface area contributed by atoms with Crippen LogP contribution in [-0.4, -0.2) is 19.9 Å². The van der Waals surface area contributed by atoms with Crippen molar-refractivity contribution in [2.24, 2.45) is 0 Å². The van der Waals surface area contributed by atoms with E-state index in [4.69, 9.17) is 14.2 Å². The molecule has 8 nitrogen and oxygen atoms in total. The third-order valence-corrected chi connectivity index (χ3v) is 4.79. The van der Waals surface area contributed by atoms with Crippen molar-refractivity contribution in [3.05, 3.63) is 56.5 Å². The SMILES string of the molecule is CCOc1cc(C#N)cc(Br)c1OS(=O)(=O)c1ccc([N+](=O)[O-])cc1. The monoisotopic (exact) mass is 426 g/mol. The van der Waals surface area contributed by atoms with Crippen LogP contribution in [-0.2, 0) is 10.1 Å². The van der Waals surface area contributed by atoms with Gasteiger partial charge < -0.3 is 8.92 Å². The Kier molecular flexibility index (Phi) is 5.61. The Labute approximate surface area is 152 Å². The van der Waals surface area contributed by atoms with Gasteiger partial charge in [-0.1, -0.05) is 0 Å². The Morgan fingerprint density at radius 1 is 1.28 bits per heavy atom. The van der Waals surface area contributed by atoms with Crippen molar-refractivity contribution in [3.8, 4) is 17.6 Å². The summed E-state index contributed by atoms with van der Waals surface area (Å²) in [5.41, 5.74) is 0.0175. The molecule has 0 atom stereocenters. The van der Waals surface area contributed by atoms with Gasteiger partial charge in [0.25, 0.3) is 5.69 Å². The molecule has 0 aromatic heterocycles. The van der Waals surface area contributed by atoms with Crippen LogP contribution in [0.5, 0.6) is 11.5 Å². The number of rotatable bonds is 6. The van der Waals surface area contributed by atoms with Crippen LogP contribution in [0, 0.1) is 21.4 Å². The van der Waals surface area contributed by atoms with Gasteiger partial charge in [0.15, 0.2) is 11.5 Å². The van der Waals surface area contributed by atoms with Gasteiger partial charge >= 0.3 is 10.1 Å². The minimum absolute atomic E-state index is 0.0823. The molecule has 0 aliphatic carbocycles. The summed E-state index contributed by atoms with van der Waals surface area (Å²) in [5.74, 6) is -0.0295. The molecule has 0 aliphatic heterocycles. The average Bonchev–Trinajstić information content (AvgIpc) is 2.58. The van der Waals surface area contributed by atoms with Crippen molar-refractivity contribution in [2.45, 2.75) is 11.8 Å². The predicted octanol–water partition coefficient (Wildman–Crippen LogP) is 3.40. The summed E-state index contributed by atoms with van der Waals surface area (Å²) in [4.78, 5) is 9.76. The molecule has 0 spiro atoms. The number of nitrogens with zero attached hydrogens (tertiary/aromatic N) is 2. The maximum atomic E-state index is 12.4. The van der Waals surface area contributed by atoms with Gasteiger partial charge in [-0.15, -0.1) is 0 Å². The van der Waals surface area contributed by atoms with Gasteiger partial charge in [-0.05, 0) is 41.1 Å². The topological polar surface area (TPSA) is 120 Å². The van der Waals surface area contributed by atoms with E-state index in [1.807, 2.05) is 6.07 Å². The molecule has 2 aromatic rings. The lowest BCUT2D eigenvalue weighted by molar-refractivity contribution is -0.384. The Morgan fingerprint density at radius 2 is 1.92 bits per heavy atom. The molecule has 10 heteroatoms. The van der Waals surface area contributed by atoms with Crippen LogP contribution in [0.25, 0.3) is 0 Å². The Balaban J connectivity index is 2.43. The molecule has 0 heterocycles. The van der Waals surface area contributed by atoms with Crippen LogP contribution < -0.4 is 8.92 Å². The average molecular weight is 427 g/mol. The molecule has 0 amide bonds. The number of nitriles is 1. The van der Waals surface area contributed by atoms with Gasteiger partial charge in [0.05, 0.1) is 27.6 Å². The number of nitro benzene ring substituents is 1. The van der Waals surface area contributed by atoms with Crippen LogP contribution in [0.2, 0.25) is 0 Å². The number of non-ortho nitro benzene ring substituents is 1. The van der Waals surface area contributed by atoms with Crippen molar-refractivity contribution in [1.29, 1.82) is 5.26 Å². The van der Waals surface area contributed by atoms with Crippen LogP contribution in [0.4, 0.5) is 5.69 Å². The number of nitro groups is 1. The van der Waals surface area contributed by atoms with E-state index in [0.717, 1.165) is 24.3 Å². The summed E-state index contributed by atoms with van der Waals surface area (Å²) in [6.45, 7) is 1.93. The smallest absolute Gasteiger partial charge is 0.339 e. The fourth-order valence-corrected chi connectivity index (χ4v) is 3.46. The van der Waals surface area contributed by atoms with E-state index < -0.39 is 15.0 Å². The summed E-state index contributed by atoms with van der Waals surface area (Å²) in [7, 11) is -4.25. The van der Waals surface area contributed by atoms with E-state index in [9.17, 15) is 18.5 Å². The normalized spacial score (nSPS) is 10.8. The van der Waals surface area contributed by atoms with Crippen molar-refractivity contribution < 1.29 is 22.3 Å². The van der Waals surface area contributed by atoms with Crippen molar-refractivity contribution in [3.63, 3.8) is 0 Å². The zero-order valence-corrected chi connectivity index (χ0v) is 15.2. The quantitative estimate of drug-likeness (QED) is 0.394. The lowest BCUT2D eigenvalue weighted by atomic mass is 10.2. The fraction of sp³-hybridized carbons (Fsp3) is 0.133. The first-order valence-electron chi connectivity index (χ1n) is 6.84. The van der Waals surface area contributed by atoms with Gasteiger partial charge in [0.1, 0.15) is 4.90 Å². The maximum Gasteiger partial charge on any atom is 0.339 e. The number of ether oxygens (including phenoxy) is 1. The second-order valence-corrected chi connectivity index (χ2v) is 7.02. The molecule has 0 radical (unpaired) electrons. The third-order valence-electron chi connectivity index (χ3n) is 2.97. The van der Waals surface area contributed by atoms with Gasteiger partial charge in [0.2, 0.25) is 0 Å². The molecule has 25 heavy (non-hydrogen) atoms. The zero-order chi connectivity index (χ0) is 18.6. The molecule has 0 bridgehead atoms. The molecule has 0 N–H and O–H groups in total. The minimum atomic E-state index is -4.25. The molecule has 0 saturated heterocycles. The largest absolute Gasteiger partial charge is 0.490 e. The molecule has 2 aromatic carbocycles. The highest BCUT2D eigenvalue weighted by Gasteiger charge is 2.23. The van der Waals surface area contributed by atoms with Crippen LogP contribution in [0.15, 0.2) is 45.8 Å². The lowest BCUT2D eigenvalue weighted by Gasteiger charge is -2.13. The summed E-state index contributed by atoms with van der Waals surface area (Å²) in [6, 6.07) is 8.95. The molecule has 0 aliphatic rings. The molecule has 0 unspecified atom stereocenters. The van der Waals surface area contributed by atoms with E-state index >= 15 is 0 Å². The predicted molar refractivity (Wildman–Crippen MR) is 90.9 cm³/mol. The zero-order valence-electron chi connectivity index (χ0n) is 12.8. The van der Waals surface area contributed by atoms with E-state index in [2.05, 4.69) is 15.9 Å². The van der Waals surface area contributed by atoms with Crippen LogP contribution in [0.3, 0.4) is 0 Å². The number of hydrogen-bond acceptors (Lipinski definition) is 7. The fourth-order valence-electron chi connectivity index (χ4n) is 1.87. The molecule has 0 fully saturated rings. The standard InChI is InChI=1S/C15H11BrN2O6S/c1-2-23-14-8-10(9-17)7-13(16)15(14)24-25(21,22)12-5-3-11(4-6-12)18(19)20/h3-8H,2H2,1H3. The minimum Gasteiger partial charge on any atom is -0.490 e. The van der Waals surface area contributed by atoms with Gasteiger partial charge in [-0.2, -0.15) is 13.7 Å². The molecular formula is C15H11BrN2O6S. The second-order valence-electron chi connectivity index (χ2n) is 4.62. The molecule has 130 valence electrons. The summed E-state index contributed by atoms with van der Waals surface area (Å²) in [5, 5.41) is 19.6. The molecule has 0 saturated carbocycles. The van der Waals surface area contributed by atoms with E-state index in [0.29, 0.717) is 0 Å². The Bertz CT molecular complexity index is 951. The lowest BCUT2D eigenvalue weighted by Crippen LogP contribution is -2.11. The first-order chi connectivity index (χ1) is 11.8.